The summed E-state index contributed by atoms with van der Waals surface area (Å²) in [6.45, 7) is 7.15. The van der Waals surface area contributed by atoms with Crippen molar-refractivity contribution in [1.29, 1.82) is 0 Å². The number of nitrogens with one attached hydrogen (secondary N) is 1. The number of rotatable bonds is 1. The van der Waals surface area contributed by atoms with Gasteiger partial charge in [-0.1, -0.05) is 0 Å². The molecule has 74 valence electrons. The zero-order valence-electron chi connectivity index (χ0n) is 8.63. The molecular formula is C10H18N2O. The predicted molar refractivity (Wildman–Crippen MR) is 51.5 cm³/mol. The average Bonchev–Trinajstić information content (AvgIpc) is 2.73. The Morgan fingerprint density at radius 3 is 2.38 bits per heavy atom. The van der Waals surface area contributed by atoms with Gasteiger partial charge in [-0.3, -0.25) is 0 Å². The van der Waals surface area contributed by atoms with Crippen molar-refractivity contribution in [2.45, 2.75) is 45.2 Å². The van der Waals surface area contributed by atoms with E-state index in [0.29, 0.717) is 6.04 Å². The number of nitrogens with zero attached hydrogens (tertiary/aromatic N) is 1. The number of urea groups is 1. The van der Waals surface area contributed by atoms with Crippen LogP contribution in [0.25, 0.3) is 0 Å². The van der Waals surface area contributed by atoms with E-state index in [-0.39, 0.29) is 11.6 Å². The van der Waals surface area contributed by atoms with E-state index in [0.717, 1.165) is 12.5 Å². The van der Waals surface area contributed by atoms with Crippen molar-refractivity contribution in [3.8, 4) is 0 Å². The molecule has 1 saturated carbocycles. The van der Waals surface area contributed by atoms with Crippen LogP contribution in [-0.4, -0.2) is 29.1 Å². The van der Waals surface area contributed by atoms with Crippen LogP contribution in [-0.2, 0) is 0 Å². The molecule has 1 heterocycles. The van der Waals surface area contributed by atoms with E-state index in [1.54, 1.807) is 0 Å². The average molecular weight is 182 g/mol. The van der Waals surface area contributed by atoms with Crippen molar-refractivity contribution >= 4 is 6.03 Å². The zero-order valence-corrected chi connectivity index (χ0v) is 8.63. The molecule has 2 rings (SSSR count). The fraction of sp³-hybridized carbons (Fsp3) is 0.900. The smallest absolute Gasteiger partial charge is 0.318 e. The predicted octanol–water partition coefficient (Wildman–Crippen LogP) is 1.59. The van der Waals surface area contributed by atoms with E-state index >= 15 is 0 Å². The van der Waals surface area contributed by atoms with E-state index in [9.17, 15) is 4.79 Å². The van der Waals surface area contributed by atoms with E-state index in [2.05, 4.69) is 26.1 Å². The Bertz CT molecular complexity index is 228. The van der Waals surface area contributed by atoms with E-state index in [1.165, 1.54) is 12.8 Å². The van der Waals surface area contributed by atoms with Gasteiger partial charge in [0, 0.05) is 12.1 Å². The Morgan fingerprint density at radius 1 is 1.38 bits per heavy atom. The number of carbonyl (C=O) groups excluding carboxylic acids is 1. The van der Waals surface area contributed by atoms with Gasteiger partial charge in [-0.2, -0.15) is 0 Å². The van der Waals surface area contributed by atoms with Crippen LogP contribution < -0.4 is 5.32 Å². The third kappa shape index (κ3) is 1.64. The van der Waals surface area contributed by atoms with Crippen LogP contribution in [0.2, 0.25) is 0 Å². The van der Waals surface area contributed by atoms with Gasteiger partial charge in [-0.15, -0.1) is 0 Å². The molecule has 13 heavy (non-hydrogen) atoms. The number of amides is 2. The molecule has 0 radical (unpaired) electrons. The molecule has 0 aromatic rings. The molecule has 2 amide bonds. The lowest BCUT2D eigenvalue weighted by Crippen LogP contribution is -2.43. The quantitative estimate of drug-likeness (QED) is 0.656. The summed E-state index contributed by atoms with van der Waals surface area (Å²) in [7, 11) is 0. The lowest BCUT2D eigenvalue weighted by atomic mass is 10.1. The monoisotopic (exact) mass is 182 g/mol. The van der Waals surface area contributed by atoms with Crippen LogP contribution in [0.3, 0.4) is 0 Å². The van der Waals surface area contributed by atoms with Gasteiger partial charge in [0.05, 0.1) is 6.04 Å². The molecule has 1 N–H and O–H groups in total. The summed E-state index contributed by atoms with van der Waals surface area (Å²) in [6.07, 6.45) is 2.59. The summed E-state index contributed by atoms with van der Waals surface area (Å²) >= 11 is 0. The Labute approximate surface area is 79.5 Å². The molecule has 1 atom stereocenters. The molecule has 2 aliphatic rings. The van der Waals surface area contributed by atoms with Crippen LogP contribution in [0.15, 0.2) is 0 Å². The molecule has 1 saturated heterocycles. The number of hydrogen-bond donors (Lipinski definition) is 1. The largest absolute Gasteiger partial charge is 0.333 e. The van der Waals surface area contributed by atoms with Gasteiger partial charge in [-0.05, 0) is 39.5 Å². The summed E-state index contributed by atoms with van der Waals surface area (Å²) in [6, 6.07) is 0.538. The second kappa shape index (κ2) is 2.63. The van der Waals surface area contributed by atoms with Crippen molar-refractivity contribution in [3.05, 3.63) is 0 Å². The molecule has 0 aromatic carbocycles. The van der Waals surface area contributed by atoms with Crippen molar-refractivity contribution in [2.75, 3.05) is 6.54 Å². The molecule has 1 aliphatic carbocycles. The Kier molecular flexibility index (Phi) is 1.79. The maximum absolute atomic E-state index is 11.6. The summed E-state index contributed by atoms with van der Waals surface area (Å²) in [5, 5.41) is 3.06. The third-order valence-corrected chi connectivity index (χ3v) is 2.93. The van der Waals surface area contributed by atoms with Crippen LogP contribution >= 0.6 is 0 Å². The second-order valence-corrected chi connectivity index (χ2v) is 5.17. The molecule has 0 spiro atoms. The first kappa shape index (κ1) is 8.85. The highest BCUT2D eigenvalue weighted by atomic mass is 16.2. The zero-order chi connectivity index (χ0) is 9.64. The van der Waals surface area contributed by atoms with Crippen LogP contribution in [0.5, 0.6) is 0 Å². The fourth-order valence-corrected chi connectivity index (χ4v) is 1.91. The van der Waals surface area contributed by atoms with E-state index in [4.69, 9.17) is 0 Å². The molecule has 3 heteroatoms. The highest BCUT2D eigenvalue weighted by Gasteiger charge is 2.42. The minimum absolute atomic E-state index is 0.0340. The highest BCUT2D eigenvalue weighted by Crippen LogP contribution is 2.35. The van der Waals surface area contributed by atoms with Crippen molar-refractivity contribution in [3.63, 3.8) is 0 Å². The molecular weight excluding hydrogens is 164 g/mol. The van der Waals surface area contributed by atoms with Crippen LogP contribution in [0.1, 0.15) is 33.6 Å². The van der Waals surface area contributed by atoms with Gasteiger partial charge in [0.2, 0.25) is 0 Å². The minimum Gasteiger partial charge on any atom is -0.333 e. The van der Waals surface area contributed by atoms with Crippen molar-refractivity contribution in [2.24, 2.45) is 5.92 Å². The molecule has 2 fully saturated rings. The second-order valence-electron chi connectivity index (χ2n) is 5.17. The first-order valence-electron chi connectivity index (χ1n) is 5.06. The number of carbonyl (C=O) groups is 1. The maximum Gasteiger partial charge on any atom is 0.318 e. The number of hydrogen-bond acceptors (Lipinski definition) is 1. The van der Waals surface area contributed by atoms with Gasteiger partial charge in [-0.25, -0.2) is 4.79 Å². The fourth-order valence-electron chi connectivity index (χ4n) is 1.91. The van der Waals surface area contributed by atoms with Crippen LogP contribution in [0, 0.1) is 5.92 Å². The third-order valence-electron chi connectivity index (χ3n) is 2.93. The van der Waals surface area contributed by atoms with Crippen LogP contribution in [0.4, 0.5) is 4.79 Å². The first-order chi connectivity index (χ1) is 5.98. The molecule has 0 bridgehead atoms. The van der Waals surface area contributed by atoms with Gasteiger partial charge >= 0.3 is 6.03 Å². The van der Waals surface area contributed by atoms with E-state index in [1.807, 2.05) is 4.90 Å². The van der Waals surface area contributed by atoms with Crippen molar-refractivity contribution < 1.29 is 4.79 Å². The molecule has 3 nitrogen and oxygen atoms in total. The van der Waals surface area contributed by atoms with Crippen molar-refractivity contribution in [1.82, 2.24) is 10.2 Å². The topological polar surface area (TPSA) is 32.3 Å². The SMILES string of the molecule is CC(C)(C)N1C[C@H](C2CC2)NC1=O. The summed E-state index contributed by atoms with van der Waals surface area (Å²) in [4.78, 5) is 13.5. The Hall–Kier alpha value is -0.730. The molecule has 0 aromatic heterocycles. The van der Waals surface area contributed by atoms with Gasteiger partial charge in [0.1, 0.15) is 0 Å². The highest BCUT2D eigenvalue weighted by molar-refractivity contribution is 5.77. The minimum atomic E-state index is -0.0340. The van der Waals surface area contributed by atoms with Gasteiger partial charge < -0.3 is 10.2 Å². The maximum atomic E-state index is 11.6. The summed E-state index contributed by atoms with van der Waals surface area (Å²) < 4.78 is 0. The molecule has 0 unspecified atom stereocenters. The summed E-state index contributed by atoms with van der Waals surface area (Å²) in [5.41, 5.74) is -0.0340. The first-order valence-corrected chi connectivity index (χ1v) is 5.06. The Balaban J connectivity index is 2.02. The standard InChI is InChI=1S/C10H18N2O/c1-10(2,3)12-6-8(7-4-5-7)11-9(12)13/h7-8H,4-6H2,1-3H3,(H,11,13)/t8-/m1/s1. The summed E-state index contributed by atoms with van der Waals surface area (Å²) in [5.74, 6) is 0.760. The molecule has 1 aliphatic heterocycles. The van der Waals surface area contributed by atoms with E-state index < -0.39 is 0 Å². The Morgan fingerprint density at radius 2 is 2.00 bits per heavy atom. The van der Waals surface area contributed by atoms with Gasteiger partial charge in [0.25, 0.3) is 0 Å². The van der Waals surface area contributed by atoms with Gasteiger partial charge in [0.15, 0.2) is 0 Å². The lowest BCUT2D eigenvalue weighted by Gasteiger charge is -2.30. The normalized spacial score (nSPS) is 29.3. The lowest BCUT2D eigenvalue weighted by molar-refractivity contribution is 0.169.